The molecule has 11 aliphatic rings. The van der Waals surface area contributed by atoms with Crippen molar-refractivity contribution in [3.8, 4) is 12.1 Å². The van der Waals surface area contributed by atoms with Crippen LogP contribution in [0.2, 0.25) is 0 Å². The lowest BCUT2D eigenvalue weighted by molar-refractivity contribution is -0.937. The zero-order chi connectivity index (χ0) is 32.8. The molecule has 50 heavy (non-hydrogen) atoms. The second-order valence-corrected chi connectivity index (χ2v) is 18.0. The van der Waals surface area contributed by atoms with Crippen LogP contribution >= 0.6 is 0 Å². The summed E-state index contributed by atoms with van der Waals surface area (Å²) in [7, 11) is 0. The molecule has 2 aliphatic carbocycles. The van der Waals surface area contributed by atoms with Gasteiger partial charge in [-0.05, 0) is 34.4 Å². The van der Waals surface area contributed by atoms with Crippen LogP contribution in [-0.4, -0.2) is 98.1 Å². The molecule has 9 aliphatic heterocycles. The Morgan fingerprint density at radius 2 is 1.14 bits per heavy atom. The Labute approximate surface area is 293 Å². The van der Waals surface area contributed by atoms with Crippen LogP contribution in [0.4, 0.5) is 11.4 Å². The predicted octanol–water partition coefficient (Wildman–Crippen LogP) is 4.34. The van der Waals surface area contributed by atoms with Crippen molar-refractivity contribution in [3.05, 3.63) is 83.0 Å². The average molecular weight is 665 g/mol. The van der Waals surface area contributed by atoms with Gasteiger partial charge in [-0.3, -0.25) is 0 Å². The number of nitrogens with zero attached hydrogens (tertiary/aromatic N) is 6. The summed E-state index contributed by atoms with van der Waals surface area (Å²) in [4.78, 5) is 5.76. The number of nitriles is 2. The zero-order valence-corrected chi connectivity index (χ0v) is 28.5. The molecule has 8 heteroatoms. The second-order valence-electron chi connectivity index (χ2n) is 18.0. The van der Waals surface area contributed by atoms with E-state index in [-0.39, 0.29) is 47.2 Å². The first-order valence-electron chi connectivity index (χ1n) is 19.4. The SMILES string of the molecule is N#CC[N+]12CC[C@@]34c5ccccc5N5[C@@H]6OCC=C7C[N+]8(CC#N)CC[C@]9%10c%11ccccc%11N([C@@H]%11OCC=C(C1)C(C[C@@H]32)C%11[C@H]54)[C@H]9[C@H]6[C@H]7C[C@@H]%108. The molecule has 0 radical (unpaired) electrons. The molecule has 14 atom stereocenters. The molecular weight excluding hydrogens is 621 g/mol. The standard InChI is InChI=1S/C42H44N6O2/c43-13-17-47-15-11-41-29-5-1-3-7-31(29)45-37(41)35-27(21-33(41)47)25(23-47)10-20-50-40(35)46-32-8-4-2-6-30(32)42-12-16-48(18-14-44)24-26-9-19-49-39(45)36(38(42)46)28(26)22-34(42)48/h1-10,27-28,33-40H,11-12,15-24H2/q+2/t27-,28?,33-,34-,35+,36?,37-,38-,39+,40+,41+,42+,47?,48?/m0/s1. The lowest BCUT2D eigenvalue weighted by atomic mass is 9.52. The van der Waals surface area contributed by atoms with Gasteiger partial charge in [-0.1, -0.05) is 48.6 Å². The van der Waals surface area contributed by atoms with Crippen LogP contribution < -0.4 is 9.80 Å². The van der Waals surface area contributed by atoms with Crippen LogP contribution in [0.5, 0.6) is 0 Å². The van der Waals surface area contributed by atoms with Crippen molar-refractivity contribution in [2.24, 2.45) is 23.7 Å². The summed E-state index contributed by atoms with van der Waals surface area (Å²) in [5, 5.41) is 20.7. The molecule has 5 saturated heterocycles. The van der Waals surface area contributed by atoms with Gasteiger partial charge in [-0.25, -0.2) is 0 Å². The molecule has 7 fully saturated rings. The maximum Gasteiger partial charge on any atom is 0.167 e. The third-order valence-corrected chi connectivity index (χ3v) is 17.2. The number of fused-ring (bicyclic) bond motifs is 6. The fourth-order valence-electron chi connectivity index (χ4n) is 16.1. The molecule has 2 saturated carbocycles. The molecule has 4 bridgehead atoms. The highest BCUT2D eigenvalue weighted by Gasteiger charge is 2.80. The number of hydrogen-bond acceptors (Lipinski definition) is 6. The maximum absolute atomic E-state index is 10.4. The van der Waals surface area contributed by atoms with Crippen LogP contribution in [0.3, 0.4) is 0 Å². The summed E-state index contributed by atoms with van der Waals surface area (Å²) in [5.74, 6) is 1.40. The van der Waals surface area contributed by atoms with Gasteiger partial charge in [0.15, 0.2) is 13.1 Å². The summed E-state index contributed by atoms with van der Waals surface area (Å²) in [6.07, 6.45) is 9.30. The van der Waals surface area contributed by atoms with Crippen molar-refractivity contribution in [2.45, 2.75) is 73.1 Å². The van der Waals surface area contributed by atoms with Gasteiger partial charge in [-0.2, -0.15) is 10.5 Å². The van der Waals surface area contributed by atoms with E-state index in [1.54, 1.807) is 11.1 Å². The summed E-state index contributed by atoms with van der Waals surface area (Å²) in [5.41, 5.74) is 8.82. The van der Waals surface area contributed by atoms with Crippen molar-refractivity contribution in [3.63, 3.8) is 0 Å². The van der Waals surface area contributed by atoms with Gasteiger partial charge in [-0.15, -0.1) is 0 Å². The van der Waals surface area contributed by atoms with Crippen molar-refractivity contribution in [2.75, 3.05) is 62.3 Å². The van der Waals surface area contributed by atoms with Crippen LogP contribution in [0.1, 0.15) is 36.8 Å². The third kappa shape index (κ3) is 2.74. The Morgan fingerprint density at radius 1 is 0.680 bits per heavy atom. The van der Waals surface area contributed by atoms with Crippen molar-refractivity contribution in [1.82, 2.24) is 0 Å². The molecule has 13 rings (SSSR count). The number of hydrogen-bond donors (Lipinski definition) is 0. The topological polar surface area (TPSA) is 72.5 Å². The Hall–Kier alpha value is -3.66. The van der Waals surface area contributed by atoms with Crippen molar-refractivity contribution >= 4 is 11.4 Å². The van der Waals surface area contributed by atoms with E-state index in [4.69, 9.17) is 9.47 Å². The molecule has 0 N–H and O–H groups in total. The van der Waals surface area contributed by atoms with E-state index >= 15 is 0 Å². The van der Waals surface area contributed by atoms with E-state index in [0.717, 1.165) is 60.8 Å². The molecule has 0 amide bonds. The first kappa shape index (κ1) is 28.0. The molecule has 4 unspecified atom stereocenters. The smallest absolute Gasteiger partial charge is 0.167 e. The zero-order valence-electron chi connectivity index (χ0n) is 28.5. The predicted molar refractivity (Wildman–Crippen MR) is 185 cm³/mol. The highest BCUT2D eigenvalue weighted by Crippen LogP contribution is 2.72. The van der Waals surface area contributed by atoms with E-state index in [1.165, 1.54) is 22.5 Å². The first-order valence-corrected chi connectivity index (χ1v) is 19.4. The molecule has 2 aromatic carbocycles. The lowest BCUT2D eigenvalue weighted by Gasteiger charge is -2.65. The Kier molecular flexibility index (Phi) is 4.96. The van der Waals surface area contributed by atoms with Gasteiger partial charge in [0.25, 0.3) is 0 Å². The van der Waals surface area contributed by atoms with E-state index in [2.05, 4.69) is 82.6 Å². The summed E-state index contributed by atoms with van der Waals surface area (Å²) < 4.78 is 16.7. The van der Waals surface area contributed by atoms with Crippen molar-refractivity contribution in [1.29, 1.82) is 10.5 Å². The van der Waals surface area contributed by atoms with Crippen molar-refractivity contribution < 1.29 is 18.4 Å². The minimum Gasteiger partial charge on any atom is -0.354 e. The maximum atomic E-state index is 10.4. The number of anilines is 2. The Balaban J connectivity index is 1.12. The monoisotopic (exact) mass is 664 g/mol. The minimum absolute atomic E-state index is 0.0439. The normalized spacial score (nSPS) is 49.6. The minimum atomic E-state index is -0.0515. The van der Waals surface area contributed by atoms with Gasteiger partial charge in [0.1, 0.15) is 49.8 Å². The number of piperidine rings is 2. The molecule has 8 nitrogen and oxygen atoms in total. The van der Waals surface area contributed by atoms with E-state index in [0.29, 0.717) is 50.2 Å². The first-order chi connectivity index (χ1) is 24.6. The largest absolute Gasteiger partial charge is 0.354 e. The molecule has 252 valence electrons. The Bertz CT molecular complexity index is 1920. The highest BCUT2D eigenvalue weighted by atomic mass is 16.5. The molecular formula is C42H44N6O2+2. The highest BCUT2D eigenvalue weighted by molar-refractivity contribution is 5.72. The van der Waals surface area contributed by atoms with E-state index < -0.39 is 0 Å². The summed E-state index contributed by atoms with van der Waals surface area (Å²) in [6.45, 7) is 6.56. The molecule has 9 heterocycles. The number of para-hydroxylation sites is 2. The molecule has 2 spiro atoms. The quantitative estimate of drug-likeness (QED) is 0.270. The van der Waals surface area contributed by atoms with Crippen LogP contribution in [0, 0.1) is 46.3 Å². The lowest BCUT2D eigenvalue weighted by Crippen LogP contribution is -2.78. The third-order valence-electron chi connectivity index (χ3n) is 17.2. The van der Waals surface area contributed by atoms with Gasteiger partial charge >= 0.3 is 0 Å². The van der Waals surface area contributed by atoms with Gasteiger partial charge in [0, 0.05) is 60.7 Å². The van der Waals surface area contributed by atoms with E-state index in [9.17, 15) is 10.5 Å². The van der Waals surface area contributed by atoms with Gasteiger partial charge in [0.05, 0.1) is 49.2 Å². The molecule has 2 aromatic rings. The second kappa shape index (κ2) is 8.85. The van der Waals surface area contributed by atoms with Gasteiger partial charge < -0.3 is 28.2 Å². The summed E-state index contributed by atoms with van der Waals surface area (Å²) >= 11 is 0. The van der Waals surface area contributed by atoms with Crippen LogP contribution in [-0.2, 0) is 20.3 Å². The number of ether oxygens (including phenoxy) is 2. The average Bonchev–Trinajstić information content (AvgIpc) is 3.75. The number of rotatable bonds is 2. The fraction of sp³-hybridized carbons (Fsp3) is 0.571. The number of quaternary nitrogens is 2. The van der Waals surface area contributed by atoms with E-state index in [1.807, 2.05) is 0 Å². The van der Waals surface area contributed by atoms with Gasteiger partial charge in [0.2, 0.25) is 0 Å². The fourth-order valence-corrected chi connectivity index (χ4v) is 16.1. The number of benzene rings is 2. The Morgan fingerprint density at radius 3 is 1.60 bits per heavy atom. The van der Waals surface area contributed by atoms with Crippen LogP contribution in [0.25, 0.3) is 0 Å². The molecule has 0 aromatic heterocycles. The summed E-state index contributed by atoms with van der Waals surface area (Å²) in [6, 6.07) is 25.6. The van der Waals surface area contributed by atoms with Crippen LogP contribution in [0.15, 0.2) is 71.8 Å².